The molecule has 0 aromatic carbocycles. The molecule has 0 amide bonds. The van der Waals surface area contributed by atoms with Gasteiger partial charge in [-0.15, -0.1) is 0 Å². The van der Waals surface area contributed by atoms with Gasteiger partial charge in [0, 0.05) is 19.3 Å². The maximum Gasteiger partial charge on any atom is 0.0701 e. The van der Waals surface area contributed by atoms with Crippen molar-refractivity contribution in [1.82, 2.24) is 5.32 Å². The summed E-state index contributed by atoms with van der Waals surface area (Å²) in [6, 6.07) is 0.658. The van der Waals surface area contributed by atoms with Crippen LogP contribution < -0.4 is 5.32 Å². The molecule has 1 heterocycles. The molecule has 0 spiro atoms. The lowest BCUT2D eigenvalue weighted by Gasteiger charge is -2.15. The second kappa shape index (κ2) is 13.8. The standard InChI is InChI=1S/C16H33NO3/c1-2-3-10-18-12-14-20-15-13-19-11-8-16-7-5-4-6-9-17-16/h16-17H,2-15H2,1H3. The maximum absolute atomic E-state index is 5.62. The van der Waals surface area contributed by atoms with Crippen LogP contribution in [0.1, 0.15) is 51.9 Å². The van der Waals surface area contributed by atoms with Crippen molar-refractivity contribution in [3.05, 3.63) is 0 Å². The SMILES string of the molecule is CCCCOCCOCCOCCC1CCCCCN1. The molecule has 0 aromatic heterocycles. The van der Waals surface area contributed by atoms with Crippen LogP contribution >= 0.6 is 0 Å². The van der Waals surface area contributed by atoms with Crippen molar-refractivity contribution >= 4 is 0 Å². The van der Waals surface area contributed by atoms with Gasteiger partial charge in [0.15, 0.2) is 0 Å². The molecule has 1 rings (SSSR count). The average molecular weight is 287 g/mol. The van der Waals surface area contributed by atoms with E-state index < -0.39 is 0 Å². The Morgan fingerprint density at radius 2 is 1.55 bits per heavy atom. The number of hydrogen-bond donors (Lipinski definition) is 1. The highest BCUT2D eigenvalue weighted by molar-refractivity contribution is 4.70. The Labute approximate surface area is 124 Å². The van der Waals surface area contributed by atoms with Crippen molar-refractivity contribution in [3.8, 4) is 0 Å². The van der Waals surface area contributed by atoms with Gasteiger partial charge < -0.3 is 19.5 Å². The molecule has 0 bridgehead atoms. The van der Waals surface area contributed by atoms with Crippen LogP contribution in [0.3, 0.4) is 0 Å². The molecular weight excluding hydrogens is 254 g/mol. The first-order chi connectivity index (χ1) is 9.93. The Hall–Kier alpha value is -0.160. The van der Waals surface area contributed by atoms with Crippen molar-refractivity contribution in [2.75, 3.05) is 46.2 Å². The van der Waals surface area contributed by atoms with E-state index in [2.05, 4.69) is 12.2 Å². The molecular formula is C16H33NO3. The first-order valence-corrected chi connectivity index (χ1v) is 8.40. The van der Waals surface area contributed by atoms with E-state index in [1.807, 2.05) is 0 Å². The average Bonchev–Trinajstić information content (AvgIpc) is 2.73. The van der Waals surface area contributed by atoms with Crippen LogP contribution in [-0.2, 0) is 14.2 Å². The smallest absolute Gasteiger partial charge is 0.0701 e. The van der Waals surface area contributed by atoms with E-state index in [9.17, 15) is 0 Å². The number of hydrogen-bond acceptors (Lipinski definition) is 4. The largest absolute Gasteiger partial charge is 0.379 e. The molecule has 1 unspecified atom stereocenters. The second-order valence-electron chi connectivity index (χ2n) is 5.48. The van der Waals surface area contributed by atoms with Gasteiger partial charge in [-0.1, -0.05) is 26.2 Å². The minimum atomic E-state index is 0.658. The summed E-state index contributed by atoms with van der Waals surface area (Å²) >= 11 is 0. The van der Waals surface area contributed by atoms with E-state index in [-0.39, 0.29) is 0 Å². The topological polar surface area (TPSA) is 39.7 Å². The van der Waals surface area contributed by atoms with Gasteiger partial charge in [0.05, 0.1) is 26.4 Å². The van der Waals surface area contributed by atoms with E-state index >= 15 is 0 Å². The summed E-state index contributed by atoms with van der Waals surface area (Å²) in [6.07, 6.45) is 8.81. The number of nitrogens with one attached hydrogen (secondary N) is 1. The van der Waals surface area contributed by atoms with Crippen LogP contribution in [0, 0.1) is 0 Å². The highest BCUT2D eigenvalue weighted by atomic mass is 16.5. The maximum atomic E-state index is 5.62. The molecule has 1 N–H and O–H groups in total. The molecule has 4 heteroatoms. The number of ether oxygens (including phenoxy) is 3. The van der Waals surface area contributed by atoms with Crippen LogP contribution in [0.15, 0.2) is 0 Å². The Morgan fingerprint density at radius 3 is 2.30 bits per heavy atom. The van der Waals surface area contributed by atoms with Crippen LogP contribution in [0.2, 0.25) is 0 Å². The highest BCUT2D eigenvalue weighted by Gasteiger charge is 2.10. The van der Waals surface area contributed by atoms with Crippen molar-refractivity contribution in [2.24, 2.45) is 0 Å². The van der Waals surface area contributed by atoms with E-state index in [0.29, 0.717) is 32.5 Å². The molecule has 1 atom stereocenters. The summed E-state index contributed by atoms with van der Waals surface area (Å²) in [5, 5.41) is 3.59. The lowest BCUT2D eigenvalue weighted by atomic mass is 10.1. The predicted molar refractivity (Wildman–Crippen MR) is 82.2 cm³/mol. The quantitative estimate of drug-likeness (QED) is 0.560. The number of rotatable bonds is 12. The zero-order chi connectivity index (χ0) is 14.3. The van der Waals surface area contributed by atoms with E-state index in [1.54, 1.807) is 0 Å². The highest BCUT2D eigenvalue weighted by Crippen LogP contribution is 2.10. The third-order valence-corrected chi connectivity index (χ3v) is 3.66. The fourth-order valence-corrected chi connectivity index (χ4v) is 2.36. The Kier molecular flexibility index (Phi) is 12.3. The van der Waals surface area contributed by atoms with Gasteiger partial charge >= 0.3 is 0 Å². The molecule has 0 radical (unpaired) electrons. The first-order valence-electron chi connectivity index (χ1n) is 8.40. The second-order valence-corrected chi connectivity index (χ2v) is 5.48. The van der Waals surface area contributed by atoms with Crippen LogP contribution in [0.25, 0.3) is 0 Å². The Morgan fingerprint density at radius 1 is 0.850 bits per heavy atom. The molecule has 120 valence electrons. The normalized spacial score (nSPS) is 19.9. The van der Waals surface area contributed by atoms with Gasteiger partial charge in [0.25, 0.3) is 0 Å². The summed E-state index contributed by atoms with van der Waals surface area (Å²) < 4.78 is 16.5. The number of unbranched alkanes of at least 4 members (excludes halogenated alkanes) is 1. The molecule has 1 saturated heterocycles. The monoisotopic (exact) mass is 287 g/mol. The van der Waals surface area contributed by atoms with E-state index in [0.717, 1.165) is 26.1 Å². The lowest BCUT2D eigenvalue weighted by molar-refractivity contribution is 0.0125. The molecule has 1 aliphatic heterocycles. The molecule has 0 aliphatic carbocycles. The summed E-state index contributed by atoms with van der Waals surface area (Å²) in [6.45, 7) is 7.78. The van der Waals surface area contributed by atoms with E-state index in [1.165, 1.54) is 38.6 Å². The van der Waals surface area contributed by atoms with Gasteiger partial charge in [-0.05, 0) is 32.2 Å². The fraction of sp³-hybridized carbons (Fsp3) is 1.00. The zero-order valence-electron chi connectivity index (χ0n) is 13.2. The van der Waals surface area contributed by atoms with Crippen LogP contribution in [0.5, 0.6) is 0 Å². The van der Waals surface area contributed by atoms with Gasteiger partial charge in [0.2, 0.25) is 0 Å². The first kappa shape index (κ1) is 17.9. The molecule has 0 saturated carbocycles. The molecule has 20 heavy (non-hydrogen) atoms. The van der Waals surface area contributed by atoms with Gasteiger partial charge in [-0.3, -0.25) is 0 Å². The van der Waals surface area contributed by atoms with Gasteiger partial charge in [-0.2, -0.15) is 0 Å². The van der Waals surface area contributed by atoms with Crippen LogP contribution in [0.4, 0.5) is 0 Å². The molecule has 1 aliphatic rings. The van der Waals surface area contributed by atoms with Crippen molar-refractivity contribution in [3.63, 3.8) is 0 Å². The molecule has 4 nitrogen and oxygen atoms in total. The third kappa shape index (κ3) is 10.6. The zero-order valence-corrected chi connectivity index (χ0v) is 13.2. The van der Waals surface area contributed by atoms with Crippen LogP contribution in [-0.4, -0.2) is 52.2 Å². The molecule has 0 aromatic rings. The Bertz CT molecular complexity index is 194. The van der Waals surface area contributed by atoms with E-state index in [4.69, 9.17) is 14.2 Å². The summed E-state index contributed by atoms with van der Waals surface area (Å²) in [4.78, 5) is 0. The lowest BCUT2D eigenvalue weighted by Crippen LogP contribution is -2.29. The minimum Gasteiger partial charge on any atom is -0.379 e. The summed E-state index contributed by atoms with van der Waals surface area (Å²) in [7, 11) is 0. The fourth-order valence-electron chi connectivity index (χ4n) is 2.36. The van der Waals surface area contributed by atoms with Gasteiger partial charge in [-0.25, -0.2) is 0 Å². The minimum absolute atomic E-state index is 0.658. The predicted octanol–water partition coefficient (Wildman–Crippen LogP) is 2.76. The van der Waals surface area contributed by atoms with Crippen molar-refractivity contribution in [2.45, 2.75) is 57.9 Å². The Balaban J connectivity index is 1.76. The molecule has 1 fully saturated rings. The van der Waals surface area contributed by atoms with Crippen molar-refractivity contribution < 1.29 is 14.2 Å². The summed E-state index contributed by atoms with van der Waals surface area (Å²) in [5.41, 5.74) is 0. The van der Waals surface area contributed by atoms with Gasteiger partial charge in [0.1, 0.15) is 0 Å². The summed E-state index contributed by atoms with van der Waals surface area (Å²) in [5.74, 6) is 0. The van der Waals surface area contributed by atoms with Crippen molar-refractivity contribution in [1.29, 1.82) is 0 Å². The third-order valence-electron chi connectivity index (χ3n) is 3.66.